The number of hydrogen-bond acceptors (Lipinski definition) is 4. The summed E-state index contributed by atoms with van der Waals surface area (Å²) in [4.78, 5) is 28.3. The molecule has 0 bridgehead atoms. The summed E-state index contributed by atoms with van der Waals surface area (Å²) >= 11 is 0. The Hall–Kier alpha value is -2.08. The standard InChI is InChI=1S/C19H29N3O3/c1-14(2)22(19(24)25-13-16-8-5-4-6-9-16)17-10-7-11-21(12-17)18(23)15(3)20/h4-6,8-9,14-15,17H,7,10-13,20H2,1-3H3/t15-,17?/m0/s1. The number of amides is 2. The van der Waals surface area contributed by atoms with Crippen LogP contribution in [0.15, 0.2) is 30.3 Å². The quantitative estimate of drug-likeness (QED) is 0.887. The van der Waals surface area contributed by atoms with Crippen LogP contribution in [0.4, 0.5) is 4.79 Å². The number of hydrogen-bond donors (Lipinski definition) is 1. The van der Waals surface area contributed by atoms with Crippen LogP contribution in [0.2, 0.25) is 0 Å². The van der Waals surface area contributed by atoms with Crippen molar-refractivity contribution in [1.29, 1.82) is 0 Å². The second-order valence-corrected chi connectivity index (χ2v) is 6.91. The molecule has 2 rings (SSSR count). The molecule has 0 aliphatic carbocycles. The minimum atomic E-state index is -0.517. The van der Waals surface area contributed by atoms with Crippen LogP contribution < -0.4 is 5.73 Å². The van der Waals surface area contributed by atoms with Crippen molar-refractivity contribution in [1.82, 2.24) is 9.80 Å². The number of ether oxygens (including phenoxy) is 1. The molecule has 1 aliphatic rings. The van der Waals surface area contributed by atoms with Crippen LogP contribution in [0.25, 0.3) is 0 Å². The van der Waals surface area contributed by atoms with Gasteiger partial charge in [0.2, 0.25) is 5.91 Å². The molecule has 1 unspecified atom stereocenters. The Labute approximate surface area is 149 Å². The van der Waals surface area contributed by atoms with Gasteiger partial charge in [0.05, 0.1) is 12.1 Å². The lowest BCUT2D eigenvalue weighted by atomic mass is 10.0. The maximum absolute atomic E-state index is 12.6. The van der Waals surface area contributed by atoms with Crippen molar-refractivity contribution in [2.45, 2.75) is 58.3 Å². The van der Waals surface area contributed by atoms with Gasteiger partial charge < -0.3 is 20.3 Å². The van der Waals surface area contributed by atoms with Crippen molar-refractivity contribution in [2.75, 3.05) is 13.1 Å². The van der Waals surface area contributed by atoms with Crippen LogP contribution in [-0.4, -0.2) is 53.0 Å². The third-order valence-corrected chi connectivity index (χ3v) is 4.46. The molecule has 25 heavy (non-hydrogen) atoms. The Morgan fingerprint density at radius 2 is 1.96 bits per heavy atom. The topological polar surface area (TPSA) is 75.9 Å². The van der Waals surface area contributed by atoms with E-state index in [1.165, 1.54) is 0 Å². The highest BCUT2D eigenvalue weighted by Gasteiger charge is 2.33. The lowest BCUT2D eigenvalue weighted by Gasteiger charge is -2.41. The Bertz CT molecular complexity index is 575. The number of nitrogens with two attached hydrogens (primary N) is 1. The van der Waals surface area contributed by atoms with Gasteiger partial charge in [-0.1, -0.05) is 30.3 Å². The van der Waals surface area contributed by atoms with Gasteiger partial charge in [0.15, 0.2) is 0 Å². The Morgan fingerprint density at radius 1 is 1.28 bits per heavy atom. The van der Waals surface area contributed by atoms with Gasteiger partial charge in [-0.2, -0.15) is 0 Å². The van der Waals surface area contributed by atoms with Crippen molar-refractivity contribution < 1.29 is 14.3 Å². The number of carbonyl (C=O) groups is 2. The van der Waals surface area contributed by atoms with Crippen molar-refractivity contribution >= 4 is 12.0 Å². The predicted molar refractivity (Wildman–Crippen MR) is 96.9 cm³/mol. The second kappa shape index (κ2) is 8.85. The average Bonchev–Trinajstić information content (AvgIpc) is 2.60. The van der Waals surface area contributed by atoms with Gasteiger partial charge in [-0.05, 0) is 39.2 Å². The molecular weight excluding hydrogens is 318 g/mol. The summed E-state index contributed by atoms with van der Waals surface area (Å²) in [6.45, 7) is 7.09. The SMILES string of the molecule is CC(C)N(C(=O)OCc1ccccc1)C1CCCN(C(=O)[C@H](C)N)C1. The normalized spacial score (nSPS) is 18.8. The van der Waals surface area contributed by atoms with Gasteiger partial charge >= 0.3 is 6.09 Å². The zero-order valence-electron chi connectivity index (χ0n) is 15.4. The summed E-state index contributed by atoms with van der Waals surface area (Å²) in [7, 11) is 0. The molecule has 2 amide bonds. The van der Waals surface area contributed by atoms with E-state index in [4.69, 9.17) is 10.5 Å². The number of benzene rings is 1. The van der Waals surface area contributed by atoms with Gasteiger partial charge in [-0.15, -0.1) is 0 Å². The van der Waals surface area contributed by atoms with Gasteiger partial charge in [0.1, 0.15) is 6.61 Å². The zero-order valence-corrected chi connectivity index (χ0v) is 15.4. The first-order chi connectivity index (χ1) is 11.9. The van der Waals surface area contributed by atoms with Gasteiger partial charge in [0.25, 0.3) is 0 Å². The molecule has 6 heteroatoms. The Kier molecular flexibility index (Phi) is 6.82. The van der Waals surface area contributed by atoms with Gasteiger partial charge in [0, 0.05) is 19.1 Å². The first-order valence-corrected chi connectivity index (χ1v) is 8.93. The molecule has 138 valence electrons. The van der Waals surface area contributed by atoms with Crippen molar-refractivity contribution in [3.05, 3.63) is 35.9 Å². The van der Waals surface area contributed by atoms with Gasteiger partial charge in [-0.3, -0.25) is 4.79 Å². The number of likely N-dealkylation sites (tertiary alicyclic amines) is 1. The smallest absolute Gasteiger partial charge is 0.410 e. The highest BCUT2D eigenvalue weighted by Crippen LogP contribution is 2.20. The molecule has 0 radical (unpaired) electrons. The molecule has 1 fully saturated rings. The van der Waals surface area contributed by atoms with Crippen LogP contribution in [0.5, 0.6) is 0 Å². The number of rotatable bonds is 5. The molecule has 1 aromatic rings. The van der Waals surface area contributed by atoms with Crippen molar-refractivity contribution in [3.63, 3.8) is 0 Å². The van der Waals surface area contributed by atoms with Crippen molar-refractivity contribution in [3.8, 4) is 0 Å². The summed E-state index contributed by atoms with van der Waals surface area (Å²) < 4.78 is 5.51. The molecule has 1 aliphatic heterocycles. The van der Waals surface area contributed by atoms with Crippen LogP contribution in [-0.2, 0) is 16.1 Å². The van der Waals surface area contributed by atoms with Crippen LogP contribution in [0.1, 0.15) is 39.2 Å². The molecule has 0 spiro atoms. The van der Waals surface area contributed by atoms with E-state index in [0.29, 0.717) is 13.1 Å². The summed E-state index contributed by atoms with van der Waals surface area (Å²) in [5, 5.41) is 0. The fourth-order valence-corrected chi connectivity index (χ4v) is 3.25. The van der Waals surface area contributed by atoms with E-state index in [2.05, 4.69) is 0 Å². The Morgan fingerprint density at radius 3 is 2.56 bits per heavy atom. The number of nitrogens with zero attached hydrogens (tertiary/aromatic N) is 2. The van der Waals surface area contributed by atoms with Gasteiger partial charge in [-0.25, -0.2) is 4.79 Å². The Balaban J connectivity index is 2.01. The third-order valence-electron chi connectivity index (χ3n) is 4.46. The van der Waals surface area contributed by atoms with E-state index in [1.807, 2.05) is 44.2 Å². The molecule has 0 aromatic heterocycles. The summed E-state index contributed by atoms with van der Waals surface area (Å²) in [5.74, 6) is -0.0638. The van der Waals surface area contributed by atoms with Crippen LogP contribution in [0.3, 0.4) is 0 Å². The second-order valence-electron chi connectivity index (χ2n) is 6.91. The first-order valence-electron chi connectivity index (χ1n) is 8.93. The zero-order chi connectivity index (χ0) is 18.4. The number of piperidine rings is 1. The average molecular weight is 347 g/mol. The molecule has 1 aromatic carbocycles. The van der Waals surface area contributed by atoms with E-state index in [9.17, 15) is 9.59 Å². The van der Waals surface area contributed by atoms with E-state index in [-0.39, 0.29) is 30.7 Å². The molecule has 1 saturated heterocycles. The maximum atomic E-state index is 12.6. The molecule has 6 nitrogen and oxygen atoms in total. The molecule has 0 saturated carbocycles. The minimum Gasteiger partial charge on any atom is -0.445 e. The minimum absolute atomic E-state index is 0.00127. The highest BCUT2D eigenvalue weighted by molar-refractivity contribution is 5.81. The monoisotopic (exact) mass is 347 g/mol. The fourth-order valence-electron chi connectivity index (χ4n) is 3.25. The summed E-state index contributed by atoms with van der Waals surface area (Å²) in [5.41, 5.74) is 6.68. The summed E-state index contributed by atoms with van der Waals surface area (Å²) in [6.07, 6.45) is 1.39. The lowest BCUT2D eigenvalue weighted by molar-refractivity contribution is -0.134. The molecule has 2 atom stereocenters. The van der Waals surface area contributed by atoms with E-state index >= 15 is 0 Å². The summed E-state index contributed by atoms with van der Waals surface area (Å²) in [6, 6.07) is 9.06. The molecular formula is C19H29N3O3. The van der Waals surface area contributed by atoms with E-state index < -0.39 is 6.04 Å². The fraction of sp³-hybridized carbons (Fsp3) is 0.579. The van der Waals surface area contributed by atoms with E-state index in [1.54, 1.807) is 16.7 Å². The molecule has 1 heterocycles. The molecule has 2 N–H and O–H groups in total. The lowest BCUT2D eigenvalue weighted by Crippen LogP contribution is -2.56. The largest absolute Gasteiger partial charge is 0.445 e. The van der Waals surface area contributed by atoms with E-state index in [0.717, 1.165) is 18.4 Å². The predicted octanol–water partition coefficient (Wildman–Crippen LogP) is 2.37. The van der Waals surface area contributed by atoms with Crippen LogP contribution >= 0.6 is 0 Å². The van der Waals surface area contributed by atoms with Crippen LogP contribution in [0, 0.1) is 0 Å². The van der Waals surface area contributed by atoms with Crippen molar-refractivity contribution in [2.24, 2.45) is 5.73 Å². The maximum Gasteiger partial charge on any atom is 0.410 e. The number of carbonyl (C=O) groups excluding carboxylic acids is 2. The first kappa shape index (κ1) is 19.2. The third kappa shape index (κ3) is 5.19. The highest BCUT2D eigenvalue weighted by atomic mass is 16.6.